The van der Waals surface area contributed by atoms with Crippen LogP contribution in [-0.4, -0.2) is 0 Å². The maximum Gasteiger partial charge on any atom is 0.230 e. The van der Waals surface area contributed by atoms with E-state index in [1.54, 1.807) is 12.1 Å². The van der Waals surface area contributed by atoms with Crippen molar-refractivity contribution in [3.63, 3.8) is 0 Å². The van der Waals surface area contributed by atoms with E-state index in [-0.39, 0.29) is 0 Å². The molecule has 1 heterocycles. The summed E-state index contributed by atoms with van der Waals surface area (Å²) in [5.74, 6) is 0. The third kappa shape index (κ3) is 1.53. The summed E-state index contributed by atoms with van der Waals surface area (Å²) >= 11 is 0. The van der Waals surface area contributed by atoms with Crippen molar-refractivity contribution in [3.05, 3.63) is 30.1 Å². The van der Waals surface area contributed by atoms with Crippen molar-refractivity contribution >= 4 is 0 Å². The van der Waals surface area contributed by atoms with Gasteiger partial charge in [-0.15, -0.1) is 0 Å². The van der Waals surface area contributed by atoms with Gasteiger partial charge in [0, 0.05) is 23.3 Å². The van der Waals surface area contributed by atoms with Crippen molar-refractivity contribution in [2.24, 2.45) is 0 Å². The number of halogens is 1. The Morgan fingerprint density at radius 3 is 2.90 bits per heavy atom. The van der Waals surface area contributed by atoms with Gasteiger partial charge in [0.15, 0.2) is 0 Å². The van der Waals surface area contributed by atoms with E-state index in [1.807, 2.05) is 13.0 Å². The first-order chi connectivity index (χ1) is 4.84. The maximum atomic E-state index is 12.7. The highest BCUT2D eigenvalue weighted by Crippen LogP contribution is 1.95. The first-order valence-electron chi connectivity index (χ1n) is 3.50. The van der Waals surface area contributed by atoms with Gasteiger partial charge in [0.1, 0.15) is 0 Å². The molecule has 0 aromatic carbocycles. The van der Waals surface area contributed by atoms with E-state index in [4.69, 9.17) is 0 Å². The molecule has 2 heteroatoms. The zero-order valence-electron chi connectivity index (χ0n) is 6.05. The minimum atomic E-state index is 0.670. The molecule has 54 valence electrons. The molecule has 1 aromatic rings. The van der Waals surface area contributed by atoms with Crippen molar-refractivity contribution in [2.75, 3.05) is 0 Å². The van der Waals surface area contributed by atoms with Gasteiger partial charge in [0.25, 0.3) is 0 Å². The van der Waals surface area contributed by atoms with E-state index < -0.39 is 0 Å². The number of hydrogen-bond acceptors (Lipinski definition) is 0. The van der Waals surface area contributed by atoms with Gasteiger partial charge in [-0.1, -0.05) is 6.92 Å². The molecule has 1 aromatic heterocycles. The van der Waals surface area contributed by atoms with Crippen LogP contribution < -0.4 is 4.79 Å². The molecule has 0 saturated heterocycles. The quantitative estimate of drug-likeness (QED) is 0.588. The van der Waals surface area contributed by atoms with E-state index in [9.17, 15) is 4.48 Å². The SMILES string of the molecule is CCCc1cccc[n+]1F. The monoisotopic (exact) mass is 140 g/mol. The van der Waals surface area contributed by atoms with Crippen LogP contribution in [0.25, 0.3) is 0 Å². The third-order valence-electron chi connectivity index (χ3n) is 1.40. The largest absolute Gasteiger partial charge is 0.230 e. The van der Waals surface area contributed by atoms with Gasteiger partial charge in [0.2, 0.25) is 11.9 Å². The van der Waals surface area contributed by atoms with Crippen LogP contribution in [0.4, 0.5) is 4.48 Å². The van der Waals surface area contributed by atoms with Gasteiger partial charge in [-0.2, -0.15) is 0 Å². The second kappa shape index (κ2) is 3.30. The van der Waals surface area contributed by atoms with Crippen LogP contribution in [0.15, 0.2) is 24.4 Å². The Bertz CT molecular complexity index is 210. The summed E-state index contributed by atoms with van der Waals surface area (Å²) in [4.78, 5) is 0.670. The number of pyridine rings is 1. The number of nitrogens with zero attached hydrogens (tertiary/aromatic N) is 1. The highest BCUT2D eigenvalue weighted by Gasteiger charge is 2.06. The van der Waals surface area contributed by atoms with Crippen molar-refractivity contribution in [3.8, 4) is 0 Å². The van der Waals surface area contributed by atoms with Crippen molar-refractivity contribution in [2.45, 2.75) is 19.8 Å². The van der Waals surface area contributed by atoms with Crippen molar-refractivity contribution in [1.29, 1.82) is 0 Å². The third-order valence-corrected chi connectivity index (χ3v) is 1.40. The Balaban J connectivity index is 2.81. The molecule has 10 heavy (non-hydrogen) atoms. The van der Waals surface area contributed by atoms with E-state index in [0.717, 1.165) is 18.5 Å². The molecule has 0 spiro atoms. The standard InChI is InChI=1S/C8H11FN/c1-2-5-8-6-3-4-7-10(8)9/h3-4,6-7H,2,5H2,1H3/q+1. The van der Waals surface area contributed by atoms with Gasteiger partial charge in [-0.25, -0.2) is 0 Å². The van der Waals surface area contributed by atoms with Crippen LogP contribution >= 0.6 is 0 Å². The van der Waals surface area contributed by atoms with Crippen LogP contribution in [0.2, 0.25) is 0 Å². The summed E-state index contributed by atoms with van der Waals surface area (Å²) in [6, 6.07) is 5.32. The summed E-state index contributed by atoms with van der Waals surface area (Å²) < 4.78 is 12.7. The van der Waals surface area contributed by atoms with E-state index in [1.165, 1.54) is 6.20 Å². The number of aromatic nitrogens is 1. The molecule has 0 unspecified atom stereocenters. The molecule has 0 aliphatic carbocycles. The predicted octanol–water partition coefficient (Wildman–Crippen LogP) is 1.66. The molecule has 0 atom stereocenters. The average Bonchev–Trinajstić information content (AvgIpc) is 1.94. The fraction of sp³-hybridized carbons (Fsp3) is 0.375. The molecule has 1 rings (SSSR count). The van der Waals surface area contributed by atoms with Crippen LogP contribution in [0, 0.1) is 0 Å². The van der Waals surface area contributed by atoms with E-state index >= 15 is 0 Å². The molecular weight excluding hydrogens is 129 g/mol. The molecule has 0 N–H and O–H groups in total. The Kier molecular flexibility index (Phi) is 2.37. The molecule has 0 aliphatic rings. The first kappa shape index (κ1) is 7.19. The van der Waals surface area contributed by atoms with E-state index in [2.05, 4.69) is 0 Å². The van der Waals surface area contributed by atoms with Gasteiger partial charge < -0.3 is 0 Å². The number of hydrogen-bond donors (Lipinski definition) is 0. The van der Waals surface area contributed by atoms with Crippen LogP contribution in [0.3, 0.4) is 0 Å². The zero-order chi connectivity index (χ0) is 7.40. The Hall–Kier alpha value is -0.920. The minimum Gasteiger partial charge on any atom is -0.0648 e. The lowest BCUT2D eigenvalue weighted by molar-refractivity contribution is -0.849. The van der Waals surface area contributed by atoms with Crippen LogP contribution in [0.5, 0.6) is 0 Å². The molecular formula is C8H11FN+. The first-order valence-corrected chi connectivity index (χ1v) is 3.50. The lowest BCUT2D eigenvalue weighted by atomic mass is 10.2. The summed E-state index contributed by atoms with van der Waals surface area (Å²) in [7, 11) is 0. The summed E-state index contributed by atoms with van der Waals surface area (Å²) in [6.07, 6.45) is 3.20. The number of rotatable bonds is 2. The highest BCUT2D eigenvalue weighted by atomic mass is 19.2. The molecule has 0 aliphatic heterocycles. The smallest absolute Gasteiger partial charge is 0.0648 e. The van der Waals surface area contributed by atoms with Crippen LogP contribution in [0.1, 0.15) is 19.0 Å². The molecule has 0 bridgehead atoms. The predicted molar refractivity (Wildman–Crippen MR) is 37.1 cm³/mol. The topological polar surface area (TPSA) is 3.88 Å². The molecule has 0 amide bonds. The zero-order valence-corrected chi connectivity index (χ0v) is 6.05. The maximum absolute atomic E-state index is 12.7. The number of aryl methyl sites for hydroxylation is 1. The van der Waals surface area contributed by atoms with Gasteiger partial charge >= 0.3 is 0 Å². The molecule has 0 radical (unpaired) electrons. The summed E-state index contributed by atoms with van der Waals surface area (Å²) in [5.41, 5.74) is 0.741. The molecule has 0 saturated carbocycles. The van der Waals surface area contributed by atoms with Gasteiger partial charge in [-0.05, 0) is 12.5 Å². The lowest BCUT2D eigenvalue weighted by Crippen LogP contribution is -2.27. The van der Waals surface area contributed by atoms with E-state index in [0.29, 0.717) is 4.79 Å². The normalized spacial score (nSPS) is 9.80. The highest BCUT2D eigenvalue weighted by molar-refractivity contribution is 4.96. The average molecular weight is 140 g/mol. The lowest BCUT2D eigenvalue weighted by Gasteiger charge is -1.88. The molecule has 0 fully saturated rings. The Morgan fingerprint density at radius 2 is 2.30 bits per heavy atom. The summed E-state index contributed by atoms with van der Waals surface area (Å²) in [5, 5.41) is 0. The summed E-state index contributed by atoms with van der Waals surface area (Å²) in [6.45, 7) is 2.03. The molecule has 1 nitrogen and oxygen atoms in total. The van der Waals surface area contributed by atoms with Gasteiger partial charge in [-0.3, -0.25) is 0 Å². The Labute approximate surface area is 60.1 Å². The van der Waals surface area contributed by atoms with Crippen molar-refractivity contribution < 1.29 is 9.27 Å². The minimum absolute atomic E-state index is 0.670. The van der Waals surface area contributed by atoms with Gasteiger partial charge in [0.05, 0.1) is 4.48 Å². The fourth-order valence-corrected chi connectivity index (χ4v) is 0.905. The second-order valence-electron chi connectivity index (χ2n) is 2.25. The van der Waals surface area contributed by atoms with Crippen molar-refractivity contribution in [1.82, 2.24) is 0 Å². The fourth-order valence-electron chi connectivity index (χ4n) is 0.905. The second-order valence-corrected chi connectivity index (χ2v) is 2.25. The Morgan fingerprint density at radius 1 is 1.50 bits per heavy atom. The van der Waals surface area contributed by atoms with Crippen LogP contribution in [-0.2, 0) is 6.42 Å².